The molecular formula is C15H21N5O. The summed E-state index contributed by atoms with van der Waals surface area (Å²) in [5, 5.41) is 7.67. The van der Waals surface area contributed by atoms with Gasteiger partial charge in [0, 0.05) is 12.2 Å². The van der Waals surface area contributed by atoms with Crippen LogP contribution < -0.4 is 5.32 Å². The van der Waals surface area contributed by atoms with Gasteiger partial charge < -0.3 is 9.84 Å². The van der Waals surface area contributed by atoms with Gasteiger partial charge >= 0.3 is 0 Å². The summed E-state index contributed by atoms with van der Waals surface area (Å²) in [4.78, 5) is 13.0. The second-order valence-corrected chi connectivity index (χ2v) is 5.54. The first-order valence-electron chi connectivity index (χ1n) is 7.65. The number of nitrogens with one attached hydrogen (secondary N) is 1. The van der Waals surface area contributed by atoms with E-state index >= 15 is 0 Å². The molecule has 3 rings (SSSR count). The van der Waals surface area contributed by atoms with Gasteiger partial charge in [-0.3, -0.25) is 0 Å². The van der Waals surface area contributed by atoms with E-state index in [1.807, 2.05) is 13.0 Å². The van der Waals surface area contributed by atoms with Gasteiger partial charge in [-0.15, -0.1) is 0 Å². The molecule has 2 aromatic rings. The minimum Gasteiger partial charge on any atom is -0.339 e. The number of hydrogen-bond acceptors (Lipinski definition) is 6. The summed E-state index contributed by atoms with van der Waals surface area (Å²) < 4.78 is 5.49. The summed E-state index contributed by atoms with van der Waals surface area (Å²) >= 11 is 0. The smallest absolute Gasteiger partial charge is 0.231 e. The van der Waals surface area contributed by atoms with Crippen molar-refractivity contribution in [3.63, 3.8) is 0 Å². The molecule has 0 spiro atoms. The van der Waals surface area contributed by atoms with Crippen LogP contribution in [-0.2, 0) is 0 Å². The highest BCUT2D eigenvalue weighted by Crippen LogP contribution is 2.34. The van der Waals surface area contributed by atoms with Crippen LogP contribution in [0, 0.1) is 6.92 Å². The van der Waals surface area contributed by atoms with Crippen LogP contribution in [0.2, 0.25) is 0 Å². The largest absolute Gasteiger partial charge is 0.339 e. The number of rotatable bonds is 5. The molecule has 2 unspecified atom stereocenters. The summed E-state index contributed by atoms with van der Waals surface area (Å²) in [6, 6.07) is 2.26. The highest BCUT2D eigenvalue weighted by Gasteiger charge is 2.32. The lowest BCUT2D eigenvalue weighted by Gasteiger charge is -2.17. The molecule has 6 nitrogen and oxygen atoms in total. The Balaban J connectivity index is 1.78. The zero-order chi connectivity index (χ0) is 14.7. The molecule has 6 heteroatoms. The van der Waals surface area contributed by atoms with Crippen LogP contribution in [0.4, 0.5) is 0 Å². The summed E-state index contributed by atoms with van der Waals surface area (Å²) in [7, 11) is 0. The van der Waals surface area contributed by atoms with Crippen LogP contribution in [0.1, 0.15) is 50.2 Å². The quantitative estimate of drug-likeness (QED) is 0.910. The molecule has 0 aromatic carbocycles. The normalized spacial score (nSPS) is 21.8. The first-order chi connectivity index (χ1) is 10.3. The van der Waals surface area contributed by atoms with Crippen molar-refractivity contribution in [2.75, 3.05) is 6.54 Å². The van der Waals surface area contributed by atoms with Crippen LogP contribution in [0.5, 0.6) is 0 Å². The lowest BCUT2D eigenvalue weighted by atomic mass is 10.0. The van der Waals surface area contributed by atoms with Crippen molar-refractivity contribution in [2.24, 2.45) is 0 Å². The van der Waals surface area contributed by atoms with Crippen molar-refractivity contribution >= 4 is 0 Å². The van der Waals surface area contributed by atoms with Crippen molar-refractivity contribution < 1.29 is 4.52 Å². The summed E-state index contributed by atoms with van der Waals surface area (Å²) in [6.45, 7) is 5.07. The van der Waals surface area contributed by atoms with Crippen LogP contribution in [-0.4, -0.2) is 32.7 Å². The Labute approximate surface area is 124 Å². The molecule has 112 valence electrons. The molecule has 1 saturated carbocycles. The van der Waals surface area contributed by atoms with E-state index < -0.39 is 0 Å². The minimum atomic E-state index is 0.320. The summed E-state index contributed by atoms with van der Waals surface area (Å²) in [5.74, 6) is 2.31. The van der Waals surface area contributed by atoms with Crippen molar-refractivity contribution in [3.8, 4) is 11.5 Å². The zero-order valence-corrected chi connectivity index (χ0v) is 12.5. The number of hydrogen-bond donors (Lipinski definition) is 1. The molecule has 0 saturated heterocycles. The third-order valence-electron chi connectivity index (χ3n) is 3.94. The maximum atomic E-state index is 5.49. The first-order valence-corrected chi connectivity index (χ1v) is 7.65. The van der Waals surface area contributed by atoms with Gasteiger partial charge in [-0.2, -0.15) is 4.98 Å². The molecule has 0 amide bonds. The molecule has 2 heterocycles. The van der Waals surface area contributed by atoms with E-state index in [0.717, 1.165) is 25.3 Å². The average molecular weight is 287 g/mol. The van der Waals surface area contributed by atoms with E-state index in [1.165, 1.54) is 12.8 Å². The lowest BCUT2D eigenvalue weighted by molar-refractivity contribution is 0.330. The number of nitrogens with zero attached hydrogens (tertiary/aromatic N) is 4. The van der Waals surface area contributed by atoms with Gasteiger partial charge in [0.05, 0.1) is 5.92 Å². The average Bonchev–Trinajstić information content (AvgIpc) is 3.13. The van der Waals surface area contributed by atoms with Gasteiger partial charge in [-0.25, -0.2) is 9.97 Å². The van der Waals surface area contributed by atoms with Crippen molar-refractivity contribution in [1.29, 1.82) is 0 Å². The minimum absolute atomic E-state index is 0.320. The number of aromatic nitrogens is 4. The molecule has 1 N–H and O–H groups in total. The van der Waals surface area contributed by atoms with Gasteiger partial charge in [0.25, 0.3) is 0 Å². The zero-order valence-electron chi connectivity index (χ0n) is 12.5. The molecule has 1 fully saturated rings. The summed E-state index contributed by atoms with van der Waals surface area (Å²) in [5.41, 5.74) is 0.716. The van der Waals surface area contributed by atoms with Crippen molar-refractivity contribution in [1.82, 2.24) is 25.4 Å². The molecule has 1 aliphatic rings. The SMILES string of the molecule is CCCNC1CCCC1c1nc(-c2ccnc(C)n2)no1. The van der Waals surface area contributed by atoms with Gasteiger partial charge in [0.2, 0.25) is 11.7 Å². The lowest BCUT2D eigenvalue weighted by Crippen LogP contribution is -2.31. The third kappa shape index (κ3) is 3.10. The van der Waals surface area contributed by atoms with E-state index in [1.54, 1.807) is 6.20 Å². The van der Waals surface area contributed by atoms with Crippen molar-refractivity contribution in [3.05, 3.63) is 24.0 Å². The van der Waals surface area contributed by atoms with E-state index in [4.69, 9.17) is 4.52 Å². The standard InChI is InChI=1S/C15H21N5O/c1-3-8-17-12-6-4-5-11(12)15-19-14(20-21-15)13-7-9-16-10(2)18-13/h7,9,11-12,17H,3-6,8H2,1-2H3. The summed E-state index contributed by atoms with van der Waals surface area (Å²) in [6.07, 6.45) is 6.34. The number of aryl methyl sites for hydroxylation is 1. The second-order valence-electron chi connectivity index (χ2n) is 5.54. The van der Waals surface area contributed by atoms with Gasteiger partial charge in [0.1, 0.15) is 11.5 Å². The van der Waals surface area contributed by atoms with Gasteiger partial charge in [-0.1, -0.05) is 18.5 Å². The Morgan fingerprint density at radius 1 is 1.33 bits per heavy atom. The molecule has 21 heavy (non-hydrogen) atoms. The molecular weight excluding hydrogens is 266 g/mol. The molecule has 2 atom stereocenters. The fraction of sp³-hybridized carbons (Fsp3) is 0.600. The van der Waals surface area contributed by atoms with E-state index in [9.17, 15) is 0 Å². The Morgan fingerprint density at radius 3 is 3.05 bits per heavy atom. The monoisotopic (exact) mass is 287 g/mol. The van der Waals surface area contributed by atoms with E-state index in [-0.39, 0.29) is 0 Å². The van der Waals surface area contributed by atoms with Crippen molar-refractivity contribution in [2.45, 2.75) is 51.5 Å². The van der Waals surface area contributed by atoms with Crippen LogP contribution in [0.3, 0.4) is 0 Å². The third-order valence-corrected chi connectivity index (χ3v) is 3.94. The molecule has 0 bridgehead atoms. The van der Waals surface area contributed by atoms with Crippen LogP contribution >= 0.6 is 0 Å². The predicted molar refractivity (Wildman–Crippen MR) is 78.7 cm³/mol. The molecule has 1 aliphatic carbocycles. The first kappa shape index (κ1) is 14.1. The highest BCUT2D eigenvalue weighted by atomic mass is 16.5. The second kappa shape index (κ2) is 6.30. The van der Waals surface area contributed by atoms with Gasteiger partial charge in [0.15, 0.2) is 0 Å². The Kier molecular flexibility index (Phi) is 4.24. The Bertz CT molecular complexity index is 597. The molecule has 0 radical (unpaired) electrons. The topological polar surface area (TPSA) is 76.7 Å². The fourth-order valence-corrected chi connectivity index (χ4v) is 2.90. The highest BCUT2D eigenvalue weighted by molar-refractivity contribution is 5.47. The fourth-order valence-electron chi connectivity index (χ4n) is 2.90. The predicted octanol–water partition coefficient (Wildman–Crippen LogP) is 2.47. The Morgan fingerprint density at radius 2 is 2.24 bits per heavy atom. The maximum absolute atomic E-state index is 5.49. The Hall–Kier alpha value is -1.82. The van der Waals surface area contributed by atoms with Crippen LogP contribution in [0.25, 0.3) is 11.5 Å². The van der Waals surface area contributed by atoms with Crippen LogP contribution in [0.15, 0.2) is 16.8 Å². The molecule has 2 aromatic heterocycles. The maximum Gasteiger partial charge on any atom is 0.231 e. The van der Waals surface area contributed by atoms with E-state index in [0.29, 0.717) is 29.3 Å². The van der Waals surface area contributed by atoms with Gasteiger partial charge in [-0.05, 0) is 38.8 Å². The molecule has 0 aliphatic heterocycles. The van der Waals surface area contributed by atoms with E-state index in [2.05, 4.69) is 32.3 Å².